The van der Waals surface area contributed by atoms with Crippen LogP contribution >= 0.6 is 11.6 Å². The van der Waals surface area contributed by atoms with Crippen LogP contribution in [0.15, 0.2) is 72.9 Å². The number of amides is 2. The second-order valence-corrected chi connectivity index (χ2v) is 20.5. The van der Waals surface area contributed by atoms with Crippen molar-refractivity contribution in [2.24, 2.45) is 17.3 Å². The Hall–Kier alpha value is -6.60. The van der Waals surface area contributed by atoms with Crippen LogP contribution in [0, 0.1) is 17.3 Å². The first-order valence-electron chi connectivity index (χ1n) is 26.2. The Balaban J connectivity index is 0.909. The number of aromatic nitrogens is 4. The molecule has 0 aliphatic carbocycles. The molecule has 2 aromatic heterocycles. The zero-order valence-electron chi connectivity index (χ0n) is 45.5. The summed E-state index contributed by atoms with van der Waals surface area (Å²) in [4.78, 5) is 71.3. The summed E-state index contributed by atoms with van der Waals surface area (Å²) in [5, 5.41) is 33.4. The number of epoxide rings is 1. The van der Waals surface area contributed by atoms with E-state index in [-0.39, 0.29) is 76.1 Å². The van der Waals surface area contributed by atoms with Gasteiger partial charge in [-0.1, -0.05) is 74.0 Å². The van der Waals surface area contributed by atoms with Gasteiger partial charge in [-0.25, -0.2) is 14.3 Å². The number of hydrogen-bond donors (Lipinski definition) is 4. The molecule has 2 aromatic carbocycles. The van der Waals surface area contributed by atoms with Crippen molar-refractivity contribution >= 4 is 41.3 Å². The first-order chi connectivity index (χ1) is 37.9. The molecular formula is C55H73ClN6O17. The fourth-order valence-corrected chi connectivity index (χ4v) is 8.44. The van der Waals surface area contributed by atoms with E-state index in [1.807, 2.05) is 51.2 Å². The van der Waals surface area contributed by atoms with E-state index in [0.29, 0.717) is 79.6 Å². The maximum Gasteiger partial charge on any atom is 0.347 e. The molecule has 0 bridgehead atoms. The van der Waals surface area contributed by atoms with E-state index in [9.17, 15) is 34.2 Å². The summed E-state index contributed by atoms with van der Waals surface area (Å²) in [7, 11) is 1.50. The lowest BCUT2D eigenvalue weighted by Crippen LogP contribution is -2.51. The van der Waals surface area contributed by atoms with Gasteiger partial charge in [0.2, 0.25) is 23.6 Å². The number of nitrogens with one attached hydrogen (secondary N) is 2. The monoisotopic (exact) mass is 1120 g/mol. The van der Waals surface area contributed by atoms with Crippen LogP contribution in [0.3, 0.4) is 0 Å². The molecule has 6 rings (SSSR count). The summed E-state index contributed by atoms with van der Waals surface area (Å²) in [6.45, 7) is 12.4. The third kappa shape index (κ3) is 19.9. The van der Waals surface area contributed by atoms with Crippen LogP contribution < -0.4 is 20.2 Å². The van der Waals surface area contributed by atoms with Crippen molar-refractivity contribution in [2.75, 3.05) is 73.1 Å². The summed E-state index contributed by atoms with van der Waals surface area (Å²) < 4.78 is 53.4. The predicted molar refractivity (Wildman–Crippen MR) is 283 cm³/mol. The molecule has 4 N–H and O–H groups in total. The van der Waals surface area contributed by atoms with Gasteiger partial charge in [0.25, 0.3) is 0 Å². The van der Waals surface area contributed by atoms with E-state index in [4.69, 9.17) is 59.1 Å². The standard InChI is InChI=1S/C55H73ClN6O17/c1-35(2)28-45-53(68)76-43(8-7-9-46(63)58-42(30-38-12-15-44(70-6)41(56)29-38)52(67)57-34-55(4,5)54(69)77-45)36(3)50-51(78-50)39-13-10-37(11-14-39)31-61-32-40(59-60-61)33-75-27-26-74-25-24-73-23-22-72-21-20-71-19-18-49(66)79-62-47(64)16-17-48(62)65/h7,9-17,29,32,35-36,42-43,45,50-51,64-65H,8,18-28,30-31,33-34H2,1-6H3,(H,57,67)(H,58,63)/t36-,42+,43-,45-,50+,51+/m0/s1. The fourth-order valence-electron chi connectivity index (χ4n) is 8.16. The molecule has 2 aliphatic rings. The summed E-state index contributed by atoms with van der Waals surface area (Å²) in [6.07, 6.45) is 2.47. The zero-order valence-corrected chi connectivity index (χ0v) is 46.2. The van der Waals surface area contributed by atoms with Gasteiger partial charge in [0.15, 0.2) is 6.10 Å². The molecule has 4 heterocycles. The molecule has 0 saturated carbocycles. The van der Waals surface area contributed by atoms with Crippen LogP contribution in [0.5, 0.6) is 17.5 Å². The van der Waals surface area contributed by atoms with Gasteiger partial charge in [-0.05, 0) is 61.1 Å². The molecule has 79 heavy (non-hydrogen) atoms. The van der Waals surface area contributed by atoms with Crippen LogP contribution in [0.25, 0.3) is 0 Å². The number of halogens is 1. The molecule has 2 amide bonds. The lowest BCUT2D eigenvalue weighted by molar-refractivity contribution is -0.179. The minimum atomic E-state index is -1.25. The van der Waals surface area contributed by atoms with Crippen LogP contribution in [-0.4, -0.2) is 157 Å². The number of rotatable bonds is 28. The van der Waals surface area contributed by atoms with Gasteiger partial charge in [-0.2, -0.15) is 0 Å². The Bertz CT molecular complexity index is 2620. The number of carbonyl (C=O) groups is 5. The van der Waals surface area contributed by atoms with Crippen molar-refractivity contribution < 1.29 is 81.7 Å². The third-order valence-electron chi connectivity index (χ3n) is 12.7. The predicted octanol–water partition coefficient (Wildman–Crippen LogP) is 4.61. The molecule has 0 spiro atoms. The molecule has 24 heteroatoms. The maximum absolute atomic E-state index is 13.9. The molecule has 6 atom stereocenters. The summed E-state index contributed by atoms with van der Waals surface area (Å²) >= 11 is 6.38. The van der Waals surface area contributed by atoms with Gasteiger partial charge in [-0.3, -0.25) is 14.4 Å². The summed E-state index contributed by atoms with van der Waals surface area (Å²) in [5.74, 6) is -3.87. The van der Waals surface area contributed by atoms with E-state index in [1.54, 1.807) is 42.8 Å². The Morgan fingerprint density at radius 2 is 1.48 bits per heavy atom. The van der Waals surface area contributed by atoms with Gasteiger partial charge < -0.3 is 68.3 Å². The number of benzene rings is 2. The smallest absolute Gasteiger partial charge is 0.347 e. The summed E-state index contributed by atoms with van der Waals surface area (Å²) in [5.41, 5.74) is 1.99. The number of nitrogens with zero attached hydrogens (tertiary/aromatic N) is 4. The summed E-state index contributed by atoms with van der Waals surface area (Å²) in [6, 6.07) is 14.4. The SMILES string of the molecule is COc1ccc(C[C@H]2NC(=O)C=CC[C@@H]([C@H](C)[C@H]3O[C@@H]3c3ccc(Cn4cc(COCCOCCOCCOCCOCCC(=O)On5c(O)ccc5O)nn4)cc3)OC(=O)[C@H](CC(C)C)OC(=O)C(C)(C)CNC2=O)cc1Cl. The number of esters is 2. The maximum atomic E-state index is 13.9. The van der Waals surface area contributed by atoms with Crippen LogP contribution in [0.2, 0.25) is 5.02 Å². The lowest BCUT2D eigenvalue weighted by Gasteiger charge is -2.29. The van der Waals surface area contributed by atoms with Crippen molar-refractivity contribution in [1.29, 1.82) is 0 Å². The average Bonchev–Trinajstić information content (AvgIpc) is 4.10. The highest BCUT2D eigenvalue weighted by atomic mass is 35.5. The van der Waals surface area contributed by atoms with E-state index in [0.717, 1.165) is 11.1 Å². The molecule has 1 fully saturated rings. The Kier molecular flexibility index (Phi) is 23.9. The van der Waals surface area contributed by atoms with Crippen LogP contribution in [0.4, 0.5) is 0 Å². The first-order valence-corrected chi connectivity index (χ1v) is 26.6. The highest BCUT2D eigenvalue weighted by Gasteiger charge is 2.48. The van der Waals surface area contributed by atoms with Crippen molar-refractivity contribution in [2.45, 2.75) is 104 Å². The third-order valence-corrected chi connectivity index (χ3v) is 13.0. The van der Waals surface area contributed by atoms with E-state index in [1.165, 1.54) is 25.3 Å². The second-order valence-electron chi connectivity index (χ2n) is 20.1. The minimum absolute atomic E-state index is 0.0322. The van der Waals surface area contributed by atoms with Gasteiger partial charge >= 0.3 is 17.9 Å². The Morgan fingerprint density at radius 1 is 0.848 bits per heavy atom. The van der Waals surface area contributed by atoms with Crippen LogP contribution in [0.1, 0.15) is 82.4 Å². The minimum Gasteiger partial charge on any atom is -0.495 e. The topological polar surface area (TPSA) is 281 Å². The Morgan fingerprint density at radius 3 is 2.11 bits per heavy atom. The Labute approximate surface area is 464 Å². The fraction of sp³-hybridized carbons (Fsp3) is 0.545. The number of cyclic esters (lactones) is 2. The van der Waals surface area contributed by atoms with Crippen molar-refractivity contribution in [3.8, 4) is 17.5 Å². The number of hydrogen-bond acceptors (Lipinski definition) is 19. The number of aromatic hydroxyl groups is 2. The highest BCUT2D eigenvalue weighted by Crippen LogP contribution is 2.45. The molecule has 1 saturated heterocycles. The molecule has 2 aliphatic heterocycles. The molecule has 4 aromatic rings. The van der Waals surface area contributed by atoms with Gasteiger partial charge in [0.05, 0.1) is 109 Å². The van der Waals surface area contributed by atoms with Crippen molar-refractivity contribution in [3.05, 3.63) is 100 Å². The number of methoxy groups -OCH3 is 1. The number of ether oxygens (including phenoxy) is 9. The first kappa shape index (κ1) is 61.6. The van der Waals surface area contributed by atoms with E-state index in [2.05, 4.69) is 20.9 Å². The van der Waals surface area contributed by atoms with Gasteiger partial charge in [-0.15, -0.1) is 9.83 Å². The molecule has 0 unspecified atom stereocenters. The highest BCUT2D eigenvalue weighted by molar-refractivity contribution is 6.32. The van der Waals surface area contributed by atoms with Gasteiger partial charge in [0.1, 0.15) is 29.7 Å². The molecule has 0 radical (unpaired) electrons. The van der Waals surface area contributed by atoms with E-state index >= 15 is 0 Å². The van der Waals surface area contributed by atoms with Gasteiger partial charge in [0, 0.05) is 37.4 Å². The second kappa shape index (κ2) is 30.7. The quantitative estimate of drug-likeness (QED) is 0.0343. The lowest BCUT2D eigenvalue weighted by atomic mass is 9.92. The van der Waals surface area contributed by atoms with Crippen molar-refractivity contribution in [3.63, 3.8) is 0 Å². The van der Waals surface area contributed by atoms with Crippen LogP contribution in [-0.2, 0) is 81.4 Å². The molecule has 23 nitrogen and oxygen atoms in total. The number of carbonyl (C=O) groups excluding carboxylic acids is 5. The average molecular weight is 1130 g/mol. The molecular weight excluding hydrogens is 1050 g/mol. The zero-order chi connectivity index (χ0) is 56.9. The van der Waals surface area contributed by atoms with Crippen molar-refractivity contribution in [1.82, 2.24) is 30.4 Å². The van der Waals surface area contributed by atoms with E-state index < -0.39 is 65.1 Å². The normalized spacial score (nSPS) is 20.3. The molecule has 432 valence electrons. The largest absolute Gasteiger partial charge is 0.495 e.